The molecule has 1 aromatic carbocycles. The van der Waals surface area contributed by atoms with Crippen molar-refractivity contribution in [2.45, 2.75) is 32.2 Å². The van der Waals surface area contributed by atoms with Crippen LogP contribution in [0.4, 0.5) is 10.3 Å². The minimum atomic E-state index is -1.29. The average Bonchev–Trinajstić information content (AvgIpc) is 3.27. The van der Waals surface area contributed by atoms with E-state index in [4.69, 9.17) is 5.11 Å². The number of benzene rings is 1. The molecule has 0 radical (unpaired) electrons. The molecule has 0 saturated carbocycles. The lowest BCUT2D eigenvalue weighted by atomic mass is 10.0. The smallest absolute Gasteiger partial charge is 0.338 e. The van der Waals surface area contributed by atoms with Crippen LogP contribution in [0.2, 0.25) is 0 Å². The van der Waals surface area contributed by atoms with Gasteiger partial charge < -0.3 is 10.0 Å². The molecule has 3 aromatic heterocycles. The van der Waals surface area contributed by atoms with E-state index in [1.807, 2.05) is 23.1 Å². The maximum atomic E-state index is 14.1. The first-order valence-electron chi connectivity index (χ1n) is 11.0. The van der Waals surface area contributed by atoms with Crippen LogP contribution in [0.25, 0.3) is 22.2 Å². The molecular weight excluding hydrogens is 423 g/mol. The Bertz CT molecular complexity index is 1310. The molecule has 1 aliphatic heterocycles. The first-order valence-corrected chi connectivity index (χ1v) is 11.0. The SMILES string of the molecule is CCc1cnc(N2CCC(n3ncc4cc(-c5ccc(C(=O)O)c(F)c5)ncc43)CC2)nc1. The highest BCUT2D eigenvalue weighted by molar-refractivity contribution is 5.89. The van der Waals surface area contributed by atoms with Crippen molar-refractivity contribution < 1.29 is 14.3 Å². The van der Waals surface area contributed by atoms with E-state index in [0.717, 1.165) is 54.8 Å². The summed E-state index contributed by atoms with van der Waals surface area (Å²) in [6.07, 6.45) is 10.1. The van der Waals surface area contributed by atoms with E-state index in [-0.39, 0.29) is 11.6 Å². The van der Waals surface area contributed by atoms with Crippen LogP contribution in [0.1, 0.15) is 41.7 Å². The number of hydrogen-bond acceptors (Lipinski definition) is 6. The van der Waals surface area contributed by atoms with Gasteiger partial charge in [-0.25, -0.2) is 19.2 Å². The van der Waals surface area contributed by atoms with E-state index in [9.17, 15) is 9.18 Å². The number of anilines is 1. The van der Waals surface area contributed by atoms with Crippen molar-refractivity contribution in [1.29, 1.82) is 0 Å². The predicted molar refractivity (Wildman–Crippen MR) is 122 cm³/mol. The van der Waals surface area contributed by atoms with Gasteiger partial charge in [0.2, 0.25) is 5.95 Å². The second-order valence-corrected chi connectivity index (χ2v) is 8.18. The van der Waals surface area contributed by atoms with Gasteiger partial charge in [-0.3, -0.25) is 9.67 Å². The Morgan fingerprint density at radius 1 is 1.09 bits per heavy atom. The largest absolute Gasteiger partial charge is 0.478 e. The van der Waals surface area contributed by atoms with Crippen LogP contribution in [-0.4, -0.2) is 48.9 Å². The number of hydrogen-bond donors (Lipinski definition) is 1. The number of rotatable bonds is 5. The first kappa shape index (κ1) is 21.0. The molecule has 0 amide bonds. The Morgan fingerprint density at radius 3 is 2.52 bits per heavy atom. The third-order valence-electron chi connectivity index (χ3n) is 6.17. The van der Waals surface area contributed by atoms with Crippen molar-refractivity contribution in [1.82, 2.24) is 24.7 Å². The number of piperidine rings is 1. The number of carboxylic acid groups (broad SMARTS) is 1. The Morgan fingerprint density at radius 2 is 1.85 bits per heavy atom. The molecule has 1 fully saturated rings. The molecule has 0 aliphatic carbocycles. The molecule has 4 heterocycles. The molecule has 1 aliphatic rings. The third kappa shape index (κ3) is 4.02. The summed E-state index contributed by atoms with van der Waals surface area (Å²) >= 11 is 0. The highest BCUT2D eigenvalue weighted by Gasteiger charge is 2.24. The quantitative estimate of drug-likeness (QED) is 0.492. The van der Waals surface area contributed by atoms with Gasteiger partial charge in [-0.1, -0.05) is 13.0 Å². The molecule has 9 heteroatoms. The summed E-state index contributed by atoms with van der Waals surface area (Å²) in [7, 11) is 0. The summed E-state index contributed by atoms with van der Waals surface area (Å²) in [4.78, 5) is 26.7. The molecule has 8 nitrogen and oxygen atoms in total. The number of carbonyl (C=O) groups is 1. The van der Waals surface area contributed by atoms with Gasteiger partial charge in [-0.15, -0.1) is 0 Å². The number of pyridine rings is 1. The molecule has 168 valence electrons. The van der Waals surface area contributed by atoms with Gasteiger partial charge in [0, 0.05) is 36.4 Å². The van der Waals surface area contributed by atoms with Crippen molar-refractivity contribution in [3.8, 4) is 11.3 Å². The van der Waals surface area contributed by atoms with Crippen LogP contribution >= 0.6 is 0 Å². The zero-order chi connectivity index (χ0) is 22.9. The van der Waals surface area contributed by atoms with Crippen LogP contribution in [0.3, 0.4) is 0 Å². The molecule has 0 spiro atoms. The van der Waals surface area contributed by atoms with E-state index in [2.05, 4.69) is 31.9 Å². The fourth-order valence-corrected chi connectivity index (χ4v) is 4.25. The van der Waals surface area contributed by atoms with Gasteiger partial charge in [-0.2, -0.15) is 5.10 Å². The van der Waals surface area contributed by atoms with Gasteiger partial charge in [0.1, 0.15) is 5.82 Å². The van der Waals surface area contributed by atoms with Gasteiger partial charge in [-0.05, 0) is 43.0 Å². The summed E-state index contributed by atoms with van der Waals surface area (Å²) in [5.41, 5.74) is 2.79. The van der Waals surface area contributed by atoms with Crippen molar-refractivity contribution >= 4 is 22.8 Å². The van der Waals surface area contributed by atoms with Crippen molar-refractivity contribution in [2.75, 3.05) is 18.0 Å². The molecule has 4 aromatic rings. The van der Waals surface area contributed by atoms with E-state index in [0.29, 0.717) is 11.3 Å². The molecule has 0 atom stereocenters. The molecule has 0 unspecified atom stereocenters. The van der Waals surface area contributed by atoms with Crippen molar-refractivity contribution in [3.63, 3.8) is 0 Å². The van der Waals surface area contributed by atoms with Crippen molar-refractivity contribution in [3.05, 3.63) is 66.0 Å². The fraction of sp³-hybridized carbons (Fsp3) is 0.292. The van der Waals surface area contributed by atoms with Gasteiger partial charge in [0.05, 0.1) is 35.2 Å². The van der Waals surface area contributed by atoms with Crippen LogP contribution in [0, 0.1) is 5.82 Å². The molecule has 1 saturated heterocycles. The summed E-state index contributed by atoms with van der Waals surface area (Å²) in [5, 5.41) is 14.5. The number of aryl methyl sites for hydroxylation is 1. The van der Waals surface area contributed by atoms with E-state index in [1.165, 1.54) is 12.1 Å². The lowest BCUT2D eigenvalue weighted by Crippen LogP contribution is -2.36. The van der Waals surface area contributed by atoms with Gasteiger partial charge in [0.25, 0.3) is 0 Å². The predicted octanol–water partition coefficient (Wildman–Crippen LogP) is 4.13. The fourth-order valence-electron chi connectivity index (χ4n) is 4.25. The lowest BCUT2D eigenvalue weighted by molar-refractivity contribution is 0.0692. The average molecular weight is 446 g/mol. The summed E-state index contributed by atoms with van der Waals surface area (Å²) < 4.78 is 16.1. The number of nitrogens with zero attached hydrogens (tertiary/aromatic N) is 6. The lowest BCUT2D eigenvalue weighted by Gasteiger charge is -2.32. The van der Waals surface area contributed by atoms with E-state index >= 15 is 0 Å². The summed E-state index contributed by atoms with van der Waals surface area (Å²) in [5.74, 6) is -1.31. The first-order chi connectivity index (χ1) is 16.0. The minimum absolute atomic E-state index is 0.244. The number of halogens is 1. The van der Waals surface area contributed by atoms with Gasteiger partial charge >= 0.3 is 5.97 Å². The van der Waals surface area contributed by atoms with Gasteiger partial charge in [0.15, 0.2) is 0 Å². The van der Waals surface area contributed by atoms with Crippen LogP contribution in [-0.2, 0) is 6.42 Å². The second kappa shape index (κ2) is 8.57. The van der Waals surface area contributed by atoms with E-state index < -0.39 is 11.8 Å². The highest BCUT2D eigenvalue weighted by atomic mass is 19.1. The second-order valence-electron chi connectivity index (χ2n) is 8.18. The number of fused-ring (bicyclic) bond motifs is 1. The third-order valence-corrected chi connectivity index (χ3v) is 6.17. The Labute approximate surface area is 189 Å². The number of aromatic nitrogens is 5. The van der Waals surface area contributed by atoms with Crippen LogP contribution in [0.5, 0.6) is 0 Å². The molecule has 0 bridgehead atoms. The maximum absolute atomic E-state index is 14.1. The zero-order valence-electron chi connectivity index (χ0n) is 18.1. The summed E-state index contributed by atoms with van der Waals surface area (Å²) in [6.45, 7) is 3.78. The Kier molecular flexibility index (Phi) is 5.45. The zero-order valence-corrected chi connectivity index (χ0v) is 18.1. The van der Waals surface area contributed by atoms with Crippen LogP contribution in [0.15, 0.2) is 49.1 Å². The standard InChI is InChI=1S/C24H23FN6O2/c1-2-15-11-27-24(28-12-15)30-7-5-18(6-8-30)31-22-14-26-21(10-17(22)13-29-31)16-3-4-19(23(32)33)20(25)9-16/h3-4,9-14,18H,2,5-8H2,1H3,(H,32,33). The normalized spacial score (nSPS) is 14.7. The monoisotopic (exact) mass is 446 g/mol. The summed E-state index contributed by atoms with van der Waals surface area (Å²) in [6, 6.07) is 6.12. The molecule has 5 rings (SSSR count). The molecule has 33 heavy (non-hydrogen) atoms. The maximum Gasteiger partial charge on any atom is 0.338 e. The van der Waals surface area contributed by atoms with E-state index in [1.54, 1.807) is 18.5 Å². The number of aromatic carboxylic acids is 1. The Balaban J connectivity index is 1.33. The Hall–Kier alpha value is -3.88. The molecule has 1 N–H and O–H groups in total. The number of carboxylic acids is 1. The minimum Gasteiger partial charge on any atom is -0.478 e. The van der Waals surface area contributed by atoms with Crippen molar-refractivity contribution in [2.24, 2.45) is 0 Å². The van der Waals surface area contributed by atoms with Crippen LogP contribution < -0.4 is 4.90 Å². The highest BCUT2D eigenvalue weighted by Crippen LogP contribution is 2.29. The topological polar surface area (TPSA) is 97.0 Å². The molecular formula is C24H23FN6O2.